The van der Waals surface area contributed by atoms with E-state index in [0.717, 1.165) is 19.6 Å². The summed E-state index contributed by atoms with van der Waals surface area (Å²) in [5.41, 5.74) is 0.856. The summed E-state index contributed by atoms with van der Waals surface area (Å²) in [6.45, 7) is 2.96. The Labute approximate surface area is 118 Å². The summed E-state index contributed by atoms with van der Waals surface area (Å²) in [4.78, 5) is 24.9. The molecule has 108 valence electrons. The zero-order chi connectivity index (χ0) is 14.4. The fourth-order valence-corrected chi connectivity index (χ4v) is 2.36. The first-order chi connectivity index (χ1) is 9.65. The van der Waals surface area contributed by atoms with Crippen LogP contribution in [0.1, 0.15) is 36.0 Å². The number of carboxylic acid groups (broad SMARTS) is 1. The molecule has 1 fully saturated rings. The second-order valence-electron chi connectivity index (χ2n) is 5.08. The van der Waals surface area contributed by atoms with Crippen LogP contribution < -0.4 is 5.32 Å². The molecule has 0 unspecified atom stereocenters. The van der Waals surface area contributed by atoms with Crippen molar-refractivity contribution >= 4 is 17.6 Å². The van der Waals surface area contributed by atoms with E-state index in [2.05, 4.69) is 10.2 Å². The smallest absolute Gasteiger partial charge is 0.335 e. The highest BCUT2D eigenvalue weighted by Gasteiger charge is 2.11. The SMILES string of the molecule is O=C(CCN1CCCCC1)Nc1ccc(C(=O)O)cc1. The molecule has 0 bridgehead atoms. The van der Waals surface area contributed by atoms with E-state index in [1.165, 1.54) is 31.4 Å². The number of amides is 1. The maximum atomic E-state index is 11.8. The van der Waals surface area contributed by atoms with Gasteiger partial charge < -0.3 is 15.3 Å². The number of hydrogen-bond donors (Lipinski definition) is 2. The molecule has 1 aromatic rings. The van der Waals surface area contributed by atoms with Gasteiger partial charge in [0.05, 0.1) is 5.56 Å². The fourth-order valence-electron chi connectivity index (χ4n) is 2.36. The van der Waals surface area contributed by atoms with Gasteiger partial charge in [-0.3, -0.25) is 4.79 Å². The molecule has 0 aliphatic carbocycles. The highest BCUT2D eigenvalue weighted by atomic mass is 16.4. The number of aromatic carboxylic acids is 1. The molecular formula is C15H20N2O3. The maximum Gasteiger partial charge on any atom is 0.335 e. The van der Waals surface area contributed by atoms with Crippen molar-refractivity contribution in [3.8, 4) is 0 Å². The average molecular weight is 276 g/mol. The van der Waals surface area contributed by atoms with Crippen molar-refractivity contribution in [2.45, 2.75) is 25.7 Å². The van der Waals surface area contributed by atoms with Gasteiger partial charge in [0.15, 0.2) is 0 Å². The van der Waals surface area contributed by atoms with E-state index in [1.54, 1.807) is 12.1 Å². The molecule has 1 aromatic carbocycles. The van der Waals surface area contributed by atoms with E-state index in [0.29, 0.717) is 12.1 Å². The van der Waals surface area contributed by atoms with Crippen molar-refractivity contribution in [3.63, 3.8) is 0 Å². The lowest BCUT2D eigenvalue weighted by molar-refractivity contribution is -0.116. The molecule has 0 radical (unpaired) electrons. The van der Waals surface area contributed by atoms with Crippen LogP contribution >= 0.6 is 0 Å². The Morgan fingerprint density at radius 1 is 1.10 bits per heavy atom. The van der Waals surface area contributed by atoms with Gasteiger partial charge in [-0.05, 0) is 50.2 Å². The molecule has 1 saturated heterocycles. The van der Waals surface area contributed by atoms with Crippen LogP contribution in [0.2, 0.25) is 0 Å². The Morgan fingerprint density at radius 3 is 2.35 bits per heavy atom. The molecule has 0 saturated carbocycles. The van der Waals surface area contributed by atoms with Crippen LogP contribution in [0.15, 0.2) is 24.3 Å². The lowest BCUT2D eigenvalue weighted by Gasteiger charge is -2.25. The molecule has 20 heavy (non-hydrogen) atoms. The predicted molar refractivity (Wildman–Crippen MR) is 76.9 cm³/mol. The lowest BCUT2D eigenvalue weighted by atomic mass is 10.1. The molecule has 1 amide bonds. The van der Waals surface area contributed by atoms with E-state index >= 15 is 0 Å². The minimum absolute atomic E-state index is 0.0290. The average Bonchev–Trinajstić information content (AvgIpc) is 2.47. The second kappa shape index (κ2) is 7.05. The van der Waals surface area contributed by atoms with Gasteiger partial charge in [0.25, 0.3) is 0 Å². The Hall–Kier alpha value is -1.88. The molecule has 5 heteroatoms. The first-order valence-corrected chi connectivity index (χ1v) is 7.01. The molecular weight excluding hydrogens is 256 g/mol. The Bertz CT molecular complexity index is 465. The van der Waals surface area contributed by atoms with Crippen molar-refractivity contribution < 1.29 is 14.7 Å². The summed E-state index contributed by atoms with van der Waals surface area (Å²) >= 11 is 0. The van der Waals surface area contributed by atoms with E-state index in [9.17, 15) is 9.59 Å². The van der Waals surface area contributed by atoms with Gasteiger partial charge in [-0.2, -0.15) is 0 Å². The van der Waals surface area contributed by atoms with Gasteiger partial charge in [0.2, 0.25) is 5.91 Å². The lowest BCUT2D eigenvalue weighted by Crippen LogP contribution is -2.32. The molecule has 0 atom stereocenters. The van der Waals surface area contributed by atoms with Crippen molar-refractivity contribution in [1.82, 2.24) is 4.90 Å². The maximum absolute atomic E-state index is 11.8. The molecule has 0 aromatic heterocycles. The number of likely N-dealkylation sites (tertiary alicyclic amines) is 1. The van der Waals surface area contributed by atoms with E-state index in [4.69, 9.17) is 5.11 Å². The third kappa shape index (κ3) is 4.35. The van der Waals surface area contributed by atoms with Crippen LogP contribution in [0, 0.1) is 0 Å². The quantitative estimate of drug-likeness (QED) is 0.865. The normalized spacial score (nSPS) is 15.8. The molecule has 1 heterocycles. The summed E-state index contributed by atoms with van der Waals surface area (Å²) in [5, 5.41) is 11.6. The number of benzene rings is 1. The number of piperidine rings is 1. The highest BCUT2D eigenvalue weighted by Crippen LogP contribution is 2.11. The number of nitrogens with one attached hydrogen (secondary N) is 1. The summed E-state index contributed by atoms with van der Waals surface area (Å²) < 4.78 is 0. The van der Waals surface area contributed by atoms with Gasteiger partial charge in [-0.1, -0.05) is 6.42 Å². The van der Waals surface area contributed by atoms with Crippen molar-refractivity contribution in [2.24, 2.45) is 0 Å². The summed E-state index contributed by atoms with van der Waals surface area (Å²) in [7, 11) is 0. The number of nitrogens with zero attached hydrogens (tertiary/aromatic N) is 1. The molecule has 0 spiro atoms. The van der Waals surface area contributed by atoms with Crippen molar-refractivity contribution in [3.05, 3.63) is 29.8 Å². The number of rotatable bonds is 5. The molecule has 2 rings (SSSR count). The topological polar surface area (TPSA) is 69.6 Å². The van der Waals surface area contributed by atoms with Gasteiger partial charge >= 0.3 is 5.97 Å². The number of anilines is 1. The Morgan fingerprint density at radius 2 is 1.75 bits per heavy atom. The van der Waals surface area contributed by atoms with E-state index < -0.39 is 5.97 Å². The molecule has 1 aliphatic rings. The van der Waals surface area contributed by atoms with Crippen LogP contribution in [0.5, 0.6) is 0 Å². The van der Waals surface area contributed by atoms with Crippen LogP contribution in [-0.2, 0) is 4.79 Å². The van der Waals surface area contributed by atoms with E-state index in [-0.39, 0.29) is 11.5 Å². The summed E-state index contributed by atoms with van der Waals surface area (Å²) in [6.07, 6.45) is 4.20. The molecule has 2 N–H and O–H groups in total. The minimum Gasteiger partial charge on any atom is -0.478 e. The zero-order valence-corrected chi connectivity index (χ0v) is 11.5. The first kappa shape index (κ1) is 14.5. The minimum atomic E-state index is -0.965. The number of carbonyl (C=O) groups excluding carboxylic acids is 1. The van der Waals surface area contributed by atoms with Gasteiger partial charge in [-0.25, -0.2) is 4.79 Å². The molecule has 1 aliphatic heterocycles. The van der Waals surface area contributed by atoms with Crippen molar-refractivity contribution in [1.29, 1.82) is 0 Å². The first-order valence-electron chi connectivity index (χ1n) is 7.01. The van der Waals surface area contributed by atoms with Crippen molar-refractivity contribution in [2.75, 3.05) is 25.0 Å². The molecule has 5 nitrogen and oxygen atoms in total. The summed E-state index contributed by atoms with van der Waals surface area (Å²) in [6, 6.07) is 6.20. The van der Waals surface area contributed by atoms with Crippen LogP contribution in [0.3, 0.4) is 0 Å². The summed E-state index contributed by atoms with van der Waals surface area (Å²) in [5.74, 6) is -0.994. The number of carbonyl (C=O) groups is 2. The zero-order valence-electron chi connectivity index (χ0n) is 11.5. The fraction of sp³-hybridized carbons (Fsp3) is 0.467. The second-order valence-corrected chi connectivity index (χ2v) is 5.08. The van der Waals surface area contributed by atoms with Crippen LogP contribution in [-0.4, -0.2) is 41.5 Å². The third-order valence-corrected chi connectivity index (χ3v) is 3.52. The van der Waals surface area contributed by atoms with Crippen LogP contribution in [0.4, 0.5) is 5.69 Å². The van der Waals surface area contributed by atoms with Crippen LogP contribution in [0.25, 0.3) is 0 Å². The highest BCUT2D eigenvalue weighted by molar-refractivity contribution is 5.92. The van der Waals surface area contributed by atoms with Gasteiger partial charge in [0, 0.05) is 18.7 Å². The van der Waals surface area contributed by atoms with E-state index in [1.807, 2.05) is 0 Å². The largest absolute Gasteiger partial charge is 0.478 e. The predicted octanol–water partition coefficient (Wildman–Crippen LogP) is 2.20. The standard InChI is InChI=1S/C15H20N2O3/c18-14(8-11-17-9-2-1-3-10-17)16-13-6-4-12(5-7-13)15(19)20/h4-7H,1-3,8-11H2,(H,16,18)(H,19,20). The Balaban J connectivity index is 1.77. The monoisotopic (exact) mass is 276 g/mol. The van der Waals surface area contributed by atoms with Gasteiger partial charge in [0.1, 0.15) is 0 Å². The number of carboxylic acids is 1. The third-order valence-electron chi connectivity index (χ3n) is 3.52. The number of hydrogen-bond acceptors (Lipinski definition) is 3. The Kier molecular flexibility index (Phi) is 5.12. The van der Waals surface area contributed by atoms with Gasteiger partial charge in [-0.15, -0.1) is 0 Å².